The van der Waals surface area contributed by atoms with E-state index in [1.54, 1.807) is 0 Å². The van der Waals surface area contributed by atoms with Crippen molar-refractivity contribution in [3.8, 4) is 0 Å². The SMILES string of the molecule is CC(C)(C)Cn1cc(C(=O)O)c(=O)[nH]c1=O. The Kier molecular flexibility index (Phi) is 3.02. The van der Waals surface area contributed by atoms with Crippen molar-refractivity contribution in [3.05, 3.63) is 32.6 Å². The molecule has 0 aliphatic carbocycles. The van der Waals surface area contributed by atoms with Crippen molar-refractivity contribution in [2.45, 2.75) is 27.3 Å². The van der Waals surface area contributed by atoms with E-state index in [2.05, 4.69) is 0 Å². The van der Waals surface area contributed by atoms with Crippen molar-refractivity contribution in [1.82, 2.24) is 9.55 Å². The molecule has 0 saturated heterocycles. The van der Waals surface area contributed by atoms with E-state index in [9.17, 15) is 14.4 Å². The van der Waals surface area contributed by atoms with Gasteiger partial charge in [0.05, 0.1) is 0 Å². The molecule has 0 bridgehead atoms. The van der Waals surface area contributed by atoms with Gasteiger partial charge < -0.3 is 5.11 Å². The first-order valence-corrected chi connectivity index (χ1v) is 4.78. The molecule has 0 fully saturated rings. The quantitative estimate of drug-likeness (QED) is 0.757. The van der Waals surface area contributed by atoms with Crippen molar-refractivity contribution in [1.29, 1.82) is 0 Å². The van der Waals surface area contributed by atoms with E-state index in [4.69, 9.17) is 5.11 Å². The summed E-state index contributed by atoms with van der Waals surface area (Å²) in [7, 11) is 0. The predicted molar refractivity (Wildman–Crippen MR) is 57.7 cm³/mol. The van der Waals surface area contributed by atoms with Crippen LogP contribution in [0.25, 0.3) is 0 Å². The zero-order valence-corrected chi connectivity index (χ0v) is 9.40. The molecule has 6 nitrogen and oxygen atoms in total. The lowest BCUT2D eigenvalue weighted by Crippen LogP contribution is -2.35. The van der Waals surface area contributed by atoms with E-state index in [0.717, 1.165) is 6.20 Å². The number of carbonyl (C=O) groups is 1. The third kappa shape index (κ3) is 2.82. The molecule has 0 aliphatic heterocycles. The molecule has 0 aromatic carbocycles. The maximum absolute atomic E-state index is 11.4. The number of aromatic nitrogens is 2. The Morgan fingerprint density at radius 1 is 1.44 bits per heavy atom. The summed E-state index contributed by atoms with van der Waals surface area (Å²) in [4.78, 5) is 35.3. The fraction of sp³-hybridized carbons (Fsp3) is 0.500. The zero-order chi connectivity index (χ0) is 12.5. The molecule has 2 N–H and O–H groups in total. The van der Waals surface area contributed by atoms with Gasteiger partial charge in [-0.1, -0.05) is 20.8 Å². The van der Waals surface area contributed by atoms with Crippen LogP contribution in [0.4, 0.5) is 0 Å². The number of rotatable bonds is 2. The number of hydrogen-bond acceptors (Lipinski definition) is 3. The van der Waals surface area contributed by atoms with Crippen molar-refractivity contribution in [2.24, 2.45) is 5.41 Å². The average molecular weight is 226 g/mol. The zero-order valence-electron chi connectivity index (χ0n) is 9.40. The van der Waals surface area contributed by atoms with Crippen molar-refractivity contribution < 1.29 is 9.90 Å². The predicted octanol–water partition coefficient (Wildman–Crippen LogP) is 0.281. The summed E-state index contributed by atoms with van der Waals surface area (Å²) in [6.45, 7) is 6.06. The lowest BCUT2D eigenvalue weighted by Gasteiger charge is -2.19. The first-order chi connectivity index (χ1) is 7.20. The van der Waals surface area contributed by atoms with Crippen LogP contribution in [0.5, 0.6) is 0 Å². The third-order valence-electron chi connectivity index (χ3n) is 1.89. The highest BCUT2D eigenvalue weighted by Gasteiger charge is 2.16. The van der Waals surface area contributed by atoms with Crippen LogP contribution in [-0.2, 0) is 6.54 Å². The molecule has 0 saturated carbocycles. The largest absolute Gasteiger partial charge is 0.477 e. The van der Waals surface area contributed by atoms with Crippen LogP contribution in [0.1, 0.15) is 31.1 Å². The second kappa shape index (κ2) is 3.96. The molecular formula is C10H14N2O4. The van der Waals surface area contributed by atoms with Crippen molar-refractivity contribution in [3.63, 3.8) is 0 Å². The molecule has 0 amide bonds. The van der Waals surface area contributed by atoms with Gasteiger partial charge in [-0.2, -0.15) is 0 Å². The van der Waals surface area contributed by atoms with Gasteiger partial charge in [0.2, 0.25) is 0 Å². The van der Waals surface area contributed by atoms with Crippen LogP contribution < -0.4 is 11.2 Å². The van der Waals surface area contributed by atoms with E-state index < -0.39 is 22.8 Å². The maximum Gasteiger partial charge on any atom is 0.342 e. The summed E-state index contributed by atoms with van der Waals surface area (Å²) < 4.78 is 1.20. The second-order valence-corrected chi connectivity index (χ2v) is 4.80. The first-order valence-electron chi connectivity index (χ1n) is 4.78. The van der Waals surface area contributed by atoms with Gasteiger partial charge in [0.15, 0.2) is 0 Å². The van der Waals surface area contributed by atoms with Crippen LogP contribution in [0, 0.1) is 5.41 Å². The van der Waals surface area contributed by atoms with Crippen LogP contribution in [0.2, 0.25) is 0 Å². The standard InChI is InChI=1S/C10H14N2O4/c1-10(2,3)5-12-4-6(8(14)15)7(13)11-9(12)16/h4H,5H2,1-3H3,(H,14,15)(H,11,13,16). The number of aromatic carboxylic acids is 1. The summed E-state index contributed by atoms with van der Waals surface area (Å²) in [6.07, 6.45) is 1.08. The second-order valence-electron chi connectivity index (χ2n) is 4.80. The van der Waals surface area contributed by atoms with Gasteiger partial charge in [-0.25, -0.2) is 9.59 Å². The minimum Gasteiger partial charge on any atom is -0.477 e. The summed E-state index contributed by atoms with van der Waals surface area (Å²) in [5, 5.41) is 8.74. The third-order valence-corrected chi connectivity index (χ3v) is 1.89. The Bertz CT molecular complexity index is 519. The van der Waals surface area contributed by atoms with Gasteiger partial charge in [-0.05, 0) is 5.41 Å². The monoisotopic (exact) mass is 226 g/mol. The highest BCUT2D eigenvalue weighted by Crippen LogP contribution is 2.14. The molecular weight excluding hydrogens is 212 g/mol. The molecule has 88 valence electrons. The van der Waals surface area contributed by atoms with Crippen LogP contribution in [-0.4, -0.2) is 20.6 Å². The van der Waals surface area contributed by atoms with Gasteiger partial charge in [0, 0.05) is 12.7 Å². The number of aromatic amines is 1. The molecule has 6 heteroatoms. The number of nitrogens with one attached hydrogen (secondary N) is 1. The van der Waals surface area contributed by atoms with Gasteiger partial charge >= 0.3 is 11.7 Å². The topological polar surface area (TPSA) is 92.2 Å². The minimum atomic E-state index is -1.34. The van der Waals surface area contributed by atoms with Crippen molar-refractivity contribution >= 4 is 5.97 Å². The van der Waals surface area contributed by atoms with Crippen LogP contribution in [0.15, 0.2) is 15.8 Å². The molecule has 16 heavy (non-hydrogen) atoms. The fourth-order valence-electron chi connectivity index (χ4n) is 1.29. The van der Waals surface area contributed by atoms with Crippen LogP contribution >= 0.6 is 0 Å². The highest BCUT2D eigenvalue weighted by atomic mass is 16.4. The Morgan fingerprint density at radius 3 is 2.44 bits per heavy atom. The maximum atomic E-state index is 11.4. The lowest BCUT2D eigenvalue weighted by atomic mass is 9.97. The Morgan fingerprint density at radius 2 is 2.00 bits per heavy atom. The molecule has 0 aliphatic rings. The molecule has 0 radical (unpaired) electrons. The van der Waals surface area contributed by atoms with Gasteiger partial charge in [-0.3, -0.25) is 14.3 Å². The molecule has 1 rings (SSSR count). The van der Waals surface area contributed by atoms with Crippen molar-refractivity contribution in [2.75, 3.05) is 0 Å². The molecule has 1 aromatic rings. The smallest absolute Gasteiger partial charge is 0.342 e. The summed E-state index contributed by atoms with van der Waals surface area (Å²) >= 11 is 0. The number of carboxylic acids is 1. The number of carboxylic acid groups (broad SMARTS) is 1. The Balaban J connectivity index is 3.32. The number of hydrogen-bond donors (Lipinski definition) is 2. The Hall–Kier alpha value is -1.85. The first kappa shape index (κ1) is 12.2. The van der Waals surface area contributed by atoms with Crippen LogP contribution in [0.3, 0.4) is 0 Å². The molecule has 1 aromatic heterocycles. The van der Waals surface area contributed by atoms with Gasteiger partial charge in [0.25, 0.3) is 5.56 Å². The molecule has 0 unspecified atom stereocenters. The van der Waals surface area contributed by atoms with E-state index in [-0.39, 0.29) is 5.41 Å². The minimum absolute atomic E-state index is 0.183. The summed E-state index contributed by atoms with van der Waals surface area (Å²) in [5.74, 6) is -1.34. The normalized spacial score (nSPS) is 11.4. The number of H-pyrrole nitrogens is 1. The van der Waals surface area contributed by atoms with Gasteiger partial charge in [0.1, 0.15) is 5.56 Å². The van der Waals surface area contributed by atoms with E-state index in [0.29, 0.717) is 6.54 Å². The highest BCUT2D eigenvalue weighted by molar-refractivity contribution is 5.86. The van der Waals surface area contributed by atoms with E-state index >= 15 is 0 Å². The molecule has 0 spiro atoms. The van der Waals surface area contributed by atoms with E-state index in [1.165, 1.54) is 4.57 Å². The van der Waals surface area contributed by atoms with Gasteiger partial charge in [-0.15, -0.1) is 0 Å². The lowest BCUT2D eigenvalue weighted by molar-refractivity contribution is 0.0693. The molecule has 1 heterocycles. The Labute approximate surface area is 91.5 Å². The summed E-state index contributed by atoms with van der Waals surface area (Å²) in [5.41, 5.74) is -2.07. The fourth-order valence-corrected chi connectivity index (χ4v) is 1.29. The average Bonchev–Trinajstić information content (AvgIpc) is 2.07. The van der Waals surface area contributed by atoms with E-state index in [1.807, 2.05) is 25.8 Å². The molecule has 0 atom stereocenters. The number of nitrogens with zero attached hydrogens (tertiary/aromatic N) is 1. The summed E-state index contributed by atoms with van der Waals surface area (Å²) in [6, 6.07) is 0.